The summed E-state index contributed by atoms with van der Waals surface area (Å²) in [4.78, 5) is 10.0. The van der Waals surface area contributed by atoms with Gasteiger partial charge >= 0.3 is 5.82 Å². The third-order valence-electron chi connectivity index (χ3n) is 2.65. The molecule has 0 aliphatic carbocycles. The zero-order chi connectivity index (χ0) is 13.1. The number of aromatic nitrogens is 2. The van der Waals surface area contributed by atoms with Gasteiger partial charge in [-0.05, 0) is 22.5 Å². The fourth-order valence-electron chi connectivity index (χ4n) is 1.66. The molecule has 5 nitrogen and oxygen atoms in total. The highest BCUT2D eigenvalue weighted by Crippen LogP contribution is 2.21. The molecule has 1 aromatic carbocycles. The zero-order valence-corrected chi connectivity index (χ0v) is 10.6. The molecular weight excluding hydrogens is 254 g/mol. The Morgan fingerprint density at radius 1 is 1.33 bits per heavy atom. The molecular formula is C12H12ClN3O2. The lowest BCUT2D eigenvalue weighted by Gasteiger charge is -2.00. The smallest absolute Gasteiger partial charge is 0.358 e. The van der Waals surface area contributed by atoms with Crippen molar-refractivity contribution in [2.45, 2.75) is 19.9 Å². The van der Waals surface area contributed by atoms with Gasteiger partial charge in [0.15, 0.2) is 5.02 Å². The second-order valence-corrected chi connectivity index (χ2v) is 4.33. The molecule has 0 radical (unpaired) electrons. The third-order valence-corrected chi connectivity index (χ3v) is 2.91. The van der Waals surface area contributed by atoms with Crippen LogP contribution in [-0.2, 0) is 13.0 Å². The standard InChI is InChI=1S/C12H12ClN3O2/c1-2-9-3-5-10(6-4-9)7-15-8-11(13)12(14-15)16(17)18/h3-6,8H,2,7H2,1H3. The van der Waals surface area contributed by atoms with E-state index in [4.69, 9.17) is 11.6 Å². The monoisotopic (exact) mass is 265 g/mol. The topological polar surface area (TPSA) is 61.0 Å². The van der Waals surface area contributed by atoms with Crippen molar-refractivity contribution < 1.29 is 4.92 Å². The van der Waals surface area contributed by atoms with Crippen molar-refractivity contribution >= 4 is 17.4 Å². The first-order valence-electron chi connectivity index (χ1n) is 5.55. The van der Waals surface area contributed by atoms with Gasteiger partial charge in [0, 0.05) is 0 Å². The highest BCUT2D eigenvalue weighted by atomic mass is 35.5. The molecule has 6 heteroatoms. The molecule has 0 saturated heterocycles. The first-order chi connectivity index (χ1) is 8.60. The Morgan fingerprint density at radius 2 is 1.94 bits per heavy atom. The highest BCUT2D eigenvalue weighted by molar-refractivity contribution is 6.32. The summed E-state index contributed by atoms with van der Waals surface area (Å²) < 4.78 is 1.47. The number of benzene rings is 1. The van der Waals surface area contributed by atoms with Crippen LogP contribution in [0.1, 0.15) is 18.1 Å². The Bertz CT molecular complexity index is 563. The van der Waals surface area contributed by atoms with E-state index >= 15 is 0 Å². The van der Waals surface area contributed by atoms with E-state index < -0.39 is 4.92 Å². The van der Waals surface area contributed by atoms with Crippen molar-refractivity contribution in [1.82, 2.24) is 9.78 Å². The average molecular weight is 266 g/mol. The second-order valence-electron chi connectivity index (χ2n) is 3.93. The normalized spacial score (nSPS) is 10.6. The Labute approximate surface area is 109 Å². The summed E-state index contributed by atoms with van der Waals surface area (Å²) in [7, 11) is 0. The summed E-state index contributed by atoms with van der Waals surface area (Å²) >= 11 is 5.73. The number of nitrogens with zero attached hydrogens (tertiary/aromatic N) is 3. The Balaban J connectivity index is 2.18. The zero-order valence-electron chi connectivity index (χ0n) is 9.84. The quantitative estimate of drug-likeness (QED) is 0.630. The van der Waals surface area contributed by atoms with Gasteiger partial charge in [0.2, 0.25) is 0 Å². The lowest BCUT2D eigenvalue weighted by Crippen LogP contribution is -2.01. The van der Waals surface area contributed by atoms with Gasteiger partial charge in [-0.25, -0.2) is 0 Å². The van der Waals surface area contributed by atoms with Crippen LogP contribution in [-0.4, -0.2) is 14.7 Å². The van der Waals surface area contributed by atoms with Crippen molar-refractivity contribution in [3.63, 3.8) is 0 Å². The summed E-state index contributed by atoms with van der Waals surface area (Å²) in [5.41, 5.74) is 2.28. The van der Waals surface area contributed by atoms with E-state index in [-0.39, 0.29) is 10.8 Å². The number of hydrogen-bond donors (Lipinski definition) is 0. The van der Waals surface area contributed by atoms with Crippen LogP contribution < -0.4 is 0 Å². The number of hydrogen-bond acceptors (Lipinski definition) is 3. The summed E-state index contributed by atoms with van der Waals surface area (Å²) in [6.07, 6.45) is 2.45. The molecule has 0 N–H and O–H groups in total. The number of nitro groups is 1. The molecule has 1 aromatic heterocycles. The summed E-state index contributed by atoms with van der Waals surface area (Å²) in [5, 5.41) is 14.5. The van der Waals surface area contributed by atoms with Crippen LogP contribution in [0, 0.1) is 10.1 Å². The molecule has 0 aliphatic heterocycles. The summed E-state index contributed by atoms with van der Waals surface area (Å²) in [5.74, 6) is -0.304. The Hall–Kier alpha value is -1.88. The molecule has 0 atom stereocenters. The third kappa shape index (κ3) is 2.68. The lowest BCUT2D eigenvalue weighted by atomic mass is 10.1. The SMILES string of the molecule is CCc1ccc(Cn2cc(Cl)c([N+](=O)[O-])n2)cc1. The molecule has 18 heavy (non-hydrogen) atoms. The molecule has 0 saturated carbocycles. The molecule has 0 bridgehead atoms. The Morgan fingerprint density at radius 3 is 2.44 bits per heavy atom. The van der Waals surface area contributed by atoms with E-state index in [0.29, 0.717) is 6.54 Å². The van der Waals surface area contributed by atoms with Crippen LogP contribution in [0.5, 0.6) is 0 Å². The van der Waals surface area contributed by atoms with Gasteiger partial charge in [-0.15, -0.1) is 0 Å². The highest BCUT2D eigenvalue weighted by Gasteiger charge is 2.18. The largest absolute Gasteiger partial charge is 0.408 e. The molecule has 94 valence electrons. The van der Waals surface area contributed by atoms with Crippen LogP contribution in [0.25, 0.3) is 0 Å². The number of halogens is 1. The van der Waals surface area contributed by atoms with Gasteiger partial charge in [-0.2, -0.15) is 4.68 Å². The average Bonchev–Trinajstić information content (AvgIpc) is 2.71. The van der Waals surface area contributed by atoms with E-state index in [0.717, 1.165) is 12.0 Å². The molecule has 0 aliphatic rings. The van der Waals surface area contributed by atoms with Crippen molar-refractivity contribution in [1.29, 1.82) is 0 Å². The number of aryl methyl sites for hydroxylation is 1. The van der Waals surface area contributed by atoms with Crippen molar-refractivity contribution in [3.8, 4) is 0 Å². The predicted molar refractivity (Wildman–Crippen MR) is 68.8 cm³/mol. The molecule has 2 rings (SSSR count). The van der Waals surface area contributed by atoms with Crippen LogP contribution >= 0.6 is 11.6 Å². The fraction of sp³-hybridized carbons (Fsp3) is 0.250. The minimum absolute atomic E-state index is 0.0604. The maximum Gasteiger partial charge on any atom is 0.408 e. The van der Waals surface area contributed by atoms with E-state index in [1.54, 1.807) is 0 Å². The van der Waals surface area contributed by atoms with Crippen LogP contribution in [0.3, 0.4) is 0 Å². The fourth-order valence-corrected chi connectivity index (χ4v) is 1.88. The van der Waals surface area contributed by atoms with Gasteiger partial charge in [0.25, 0.3) is 0 Å². The van der Waals surface area contributed by atoms with Crippen molar-refractivity contribution in [2.75, 3.05) is 0 Å². The van der Waals surface area contributed by atoms with Crippen molar-refractivity contribution in [3.05, 3.63) is 56.7 Å². The maximum atomic E-state index is 10.6. The van der Waals surface area contributed by atoms with Crippen LogP contribution in [0.15, 0.2) is 30.5 Å². The van der Waals surface area contributed by atoms with Gasteiger partial charge < -0.3 is 10.1 Å². The summed E-state index contributed by atoms with van der Waals surface area (Å²) in [6.45, 7) is 2.56. The van der Waals surface area contributed by atoms with Crippen LogP contribution in [0.4, 0.5) is 5.82 Å². The Kier molecular flexibility index (Phi) is 3.62. The molecule has 0 fully saturated rings. The molecule has 2 aromatic rings. The predicted octanol–water partition coefficient (Wildman–Crippen LogP) is 3.06. The van der Waals surface area contributed by atoms with E-state index in [2.05, 4.69) is 12.0 Å². The lowest BCUT2D eigenvalue weighted by molar-refractivity contribution is -0.389. The molecule has 0 amide bonds. The minimum Gasteiger partial charge on any atom is -0.358 e. The second kappa shape index (κ2) is 5.18. The maximum absolute atomic E-state index is 10.6. The molecule has 0 spiro atoms. The van der Waals surface area contributed by atoms with Gasteiger partial charge in [-0.1, -0.05) is 42.8 Å². The van der Waals surface area contributed by atoms with E-state index in [9.17, 15) is 10.1 Å². The molecule has 0 unspecified atom stereocenters. The van der Waals surface area contributed by atoms with E-state index in [1.165, 1.54) is 16.4 Å². The first kappa shape index (κ1) is 12.6. The van der Waals surface area contributed by atoms with Crippen LogP contribution in [0.2, 0.25) is 5.02 Å². The van der Waals surface area contributed by atoms with Gasteiger partial charge in [0.05, 0.1) is 17.8 Å². The summed E-state index contributed by atoms with van der Waals surface area (Å²) in [6, 6.07) is 8.05. The first-order valence-corrected chi connectivity index (χ1v) is 5.93. The van der Waals surface area contributed by atoms with Gasteiger partial charge in [0.1, 0.15) is 0 Å². The van der Waals surface area contributed by atoms with Crippen molar-refractivity contribution in [2.24, 2.45) is 0 Å². The minimum atomic E-state index is -0.584. The number of rotatable bonds is 4. The molecule has 1 heterocycles. The van der Waals surface area contributed by atoms with E-state index in [1.807, 2.05) is 24.3 Å². The van der Waals surface area contributed by atoms with Gasteiger partial charge in [-0.3, -0.25) is 0 Å².